The highest BCUT2D eigenvalue weighted by atomic mass is 32.1. The first-order valence-electron chi connectivity index (χ1n) is 4.59. The first-order chi connectivity index (χ1) is 7.52. The molecule has 88 valence electrons. The van der Waals surface area contributed by atoms with Gasteiger partial charge in [0.05, 0.1) is 0 Å². The van der Waals surface area contributed by atoms with E-state index in [1.165, 1.54) is 0 Å². The fourth-order valence-electron chi connectivity index (χ4n) is 1.13. The molecule has 2 amide bonds. The van der Waals surface area contributed by atoms with Gasteiger partial charge in [0.1, 0.15) is 10.6 Å². The van der Waals surface area contributed by atoms with E-state index in [-0.39, 0.29) is 23.7 Å². The Bertz CT molecular complexity index is 403. The summed E-state index contributed by atoms with van der Waals surface area (Å²) in [6.45, 7) is 0.505. The zero-order chi connectivity index (χ0) is 12.1. The van der Waals surface area contributed by atoms with Crippen LogP contribution in [0.15, 0.2) is 0 Å². The average molecular weight is 243 g/mol. The Labute approximate surface area is 96.1 Å². The van der Waals surface area contributed by atoms with E-state index < -0.39 is 5.91 Å². The van der Waals surface area contributed by atoms with Gasteiger partial charge in [0.25, 0.3) is 5.91 Å². The third-order valence-electron chi connectivity index (χ3n) is 1.85. The number of rotatable bonds is 6. The monoisotopic (exact) mass is 243 g/mol. The molecule has 0 unspecified atom stereocenters. The van der Waals surface area contributed by atoms with Crippen LogP contribution in [0.3, 0.4) is 0 Å². The zero-order valence-electron chi connectivity index (χ0n) is 8.53. The maximum Gasteiger partial charge on any atom is 0.255 e. The number of primary amides is 2. The van der Waals surface area contributed by atoms with Crippen LogP contribution in [-0.2, 0) is 4.79 Å². The van der Waals surface area contributed by atoms with Crippen molar-refractivity contribution < 1.29 is 9.59 Å². The fourth-order valence-corrected chi connectivity index (χ4v) is 1.87. The van der Waals surface area contributed by atoms with E-state index in [0.29, 0.717) is 18.0 Å². The number of nitrogen functional groups attached to an aromatic ring is 1. The zero-order valence-corrected chi connectivity index (χ0v) is 9.34. The topological polar surface area (TPSA) is 137 Å². The van der Waals surface area contributed by atoms with Gasteiger partial charge in [0.2, 0.25) is 5.91 Å². The van der Waals surface area contributed by atoms with Gasteiger partial charge < -0.3 is 22.5 Å². The summed E-state index contributed by atoms with van der Waals surface area (Å²) >= 11 is 1.06. The number of nitrogens with one attached hydrogen (secondary N) is 1. The molecule has 0 aliphatic carbocycles. The molecule has 8 heteroatoms. The van der Waals surface area contributed by atoms with Crippen molar-refractivity contribution in [2.45, 2.75) is 12.8 Å². The normalized spacial score (nSPS) is 10.0. The number of amides is 2. The Morgan fingerprint density at radius 2 is 2.06 bits per heavy atom. The van der Waals surface area contributed by atoms with E-state index in [9.17, 15) is 9.59 Å². The highest BCUT2D eigenvalue weighted by Gasteiger charge is 2.15. The standard InChI is InChI=1S/C8H13N5O2S/c9-4(14)2-1-3-12-8-5(7(11)15)6(10)13-16-8/h12H,1-3H2,(H2,9,14)(H2,10,13)(H2,11,15). The van der Waals surface area contributed by atoms with Gasteiger partial charge in [-0.1, -0.05) is 0 Å². The Morgan fingerprint density at radius 1 is 1.38 bits per heavy atom. The van der Waals surface area contributed by atoms with Gasteiger partial charge in [-0.2, -0.15) is 4.37 Å². The molecule has 0 spiro atoms. The molecule has 1 heterocycles. The first-order valence-corrected chi connectivity index (χ1v) is 5.37. The molecule has 7 N–H and O–H groups in total. The predicted octanol–water partition coefficient (Wildman–Crippen LogP) is -0.498. The third kappa shape index (κ3) is 3.09. The molecule has 0 saturated carbocycles. The second-order valence-corrected chi connectivity index (χ2v) is 3.91. The van der Waals surface area contributed by atoms with Gasteiger partial charge in [-0.15, -0.1) is 0 Å². The summed E-state index contributed by atoms with van der Waals surface area (Å²) in [6.07, 6.45) is 0.860. The molecule has 1 rings (SSSR count). The van der Waals surface area contributed by atoms with E-state index in [4.69, 9.17) is 17.2 Å². The minimum atomic E-state index is -0.622. The van der Waals surface area contributed by atoms with Crippen LogP contribution < -0.4 is 22.5 Å². The maximum absolute atomic E-state index is 11.0. The Hall–Kier alpha value is -1.83. The SMILES string of the molecule is NC(=O)CCCNc1snc(N)c1C(N)=O. The molecule has 7 nitrogen and oxygen atoms in total. The largest absolute Gasteiger partial charge is 0.382 e. The van der Waals surface area contributed by atoms with Crippen LogP contribution in [0.25, 0.3) is 0 Å². The van der Waals surface area contributed by atoms with E-state index in [2.05, 4.69) is 9.69 Å². The van der Waals surface area contributed by atoms with Gasteiger partial charge in [0.15, 0.2) is 5.82 Å². The smallest absolute Gasteiger partial charge is 0.255 e. The molecule has 1 aromatic rings. The predicted molar refractivity (Wildman–Crippen MR) is 62.0 cm³/mol. The van der Waals surface area contributed by atoms with Crippen molar-refractivity contribution in [2.24, 2.45) is 11.5 Å². The second-order valence-electron chi connectivity index (χ2n) is 3.13. The minimum absolute atomic E-state index is 0.120. The highest BCUT2D eigenvalue weighted by molar-refractivity contribution is 7.11. The Kier molecular flexibility index (Phi) is 4.06. The minimum Gasteiger partial charge on any atom is -0.382 e. The number of nitrogens with zero attached hydrogens (tertiary/aromatic N) is 1. The maximum atomic E-state index is 11.0. The number of aromatic nitrogens is 1. The summed E-state index contributed by atoms with van der Waals surface area (Å²) in [5.41, 5.74) is 15.8. The first kappa shape index (κ1) is 12.2. The molecule has 0 saturated heterocycles. The lowest BCUT2D eigenvalue weighted by molar-refractivity contribution is -0.118. The summed E-state index contributed by atoms with van der Waals surface area (Å²) in [6, 6.07) is 0. The number of carbonyl (C=O) groups is 2. The van der Waals surface area contributed by atoms with Crippen molar-refractivity contribution in [1.82, 2.24) is 4.37 Å². The quantitative estimate of drug-likeness (QED) is 0.499. The van der Waals surface area contributed by atoms with Gasteiger partial charge >= 0.3 is 0 Å². The number of anilines is 2. The van der Waals surface area contributed by atoms with Crippen molar-refractivity contribution in [1.29, 1.82) is 0 Å². The molecule has 0 bridgehead atoms. The van der Waals surface area contributed by atoms with Crippen LogP contribution in [0.5, 0.6) is 0 Å². The summed E-state index contributed by atoms with van der Waals surface area (Å²) in [5, 5.41) is 3.46. The number of carbonyl (C=O) groups excluding carboxylic acids is 2. The third-order valence-corrected chi connectivity index (χ3v) is 2.67. The van der Waals surface area contributed by atoms with Crippen molar-refractivity contribution in [3.05, 3.63) is 5.56 Å². The molecule has 0 atom stereocenters. The number of nitrogens with two attached hydrogens (primary N) is 3. The molecule has 16 heavy (non-hydrogen) atoms. The van der Waals surface area contributed by atoms with E-state index >= 15 is 0 Å². The van der Waals surface area contributed by atoms with Crippen molar-refractivity contribution >= 4 is 34.2 Å². The van der Waals surface area contributed by atoms with Crippen LogP contribution in [0, 0.1) is 0 Å². The van der Waals surface area contributed by atoms with Crippen LogP contribution in [-0.4, -0.2) is 22.7 Å². The molecule has 1 aromatic heterocycles. The van der Waals surface area contributed by atoms with Crippen molar-refractivity contribution in [3.63, 3.8) is 0 Å². The number of hydrogen-bond donors (Lipinski definition) is 4. The lowest BCUT2D eigenvalue weighted by atomic mass is 10.2. The van der Waals surface area contributed by atoms with Gasteiger partial charge in [0, 0.05) is 13.0 Å². The van der Waals surface area contributed by atoms with Crippen LogP contribution in [0.4, 0.5) is 10.8 Å². The fraction of sp³-hybridized carbons (Fsp3) is 0.375. The highest BCUT2D eigenvalue weighted by Crippen LogP contribution is 2.25. The average Bonchev–Trinajstić information content (AvgIpc) is 2.54. The molecular weight excluding hydrogens is 230 g/mol. The summed E-state index contributed by atoms with van der Waals surface area (Å²) in [5.74, 6) is -0.862. The molecule has 0 aromatic carbocycles. The summed E-state index contributed by atoms with van der Waals surface area (Å²) in [4.78, 5) is 21.5. The molecular formula is C8H13N5O2S. The number of hydrogen-bond acceptors (Lipinski definition) is 6. The van der Waals surface area contributed by atoms with Crippen molar-refractivity contribution in [3.8, 4) is 0 Å². The van der Waals surface area contributed by atoms with Crippen molar-refractivity contribution in [2.75, 3.05) is 17.6 Å². The van der Waals surface area contributed by atoms with E-state index in [1.807, 2.05) is 0 Å². The Morgan fingerprint density at radius 3 is 2.62 bits per heavy atom. The van der Waals surface area contributed by atoms with Gasteiger partial charge in [-0.3, -0.25) is 9.59 Å². The molecule has 0 aliphatic rings. The van der Waals surface area contributed by atoms with Crippen LogP contribution >= 0.6 is 11.5 Å². The van der Waals surface area contributed by atoms with Crippen LogP contribution in [0.2, 0.25) is 0 Å². The van der Waals surface area contributed by atoms with Gasteiger partial charge in [-0.25, -0.2) is 0 Å². The van der Waals surface area contributed by atoms with Gasteiger partial charge in [-0.05, 0) is 18.0 Å². The summed E-state index contributed by atoms with van der Waals surface area (Å²) < 4.78 is 3.82. The van der Waals surface area contributed by atoms with E-state index in [0.717, 1.165) is 11.5 Å². The lowest BCUT2D eigenvalue weighted by Gasteiger charge is -2.03. The summed E-state index contributed by atoms with van der Waals surface area (Å²) in [7, 11) is 0. The second kappa shape index (κ2) is 5.31. The molecule has 0 aliphatic heterocycles. The molecule has 0 fully saturated rings. The lowest BCUT2D eigenvalue weighted by Crippen LogP contribution is -2.16. The molecule has 0 radical (unpaired) electrons. The Balaban J connectivity index is 2.54. The van der Waals surface area contributed by atoms with Crippen LogP contribution in [0.1, 0.15) is 23.2 Å². The van der Waals surface area contributed by atoms with E-state index in [1.54, 1.807) is 0 Å².